The third-order valence-electron chi connectivity index (χ3n) is 2.81. The molecule has 0 radical (unpaired) electrons. The normalized spacial score (nSPS) is 17.6. The van der Waals surface area contributed by atoms with E-state index in [-0.39, 0.29) is 5.57 Å². The van der Waals surface area contributed by atoms with Gasteiger partial charge in [-0.05, 0) is 30.2 Å². The zero-order chi connectivity index (χ0) is 15.1. The van der Waals surface area contributed by atoms with Crippen molar-refractivity contribution in [3.05, 3.63) is 39.4 Å². The molecule has 0 spiro atoms. The van der Waals surface area contributed by atoms with E-state index in [4.69, 9.17) is 32.7 Å². The van der Waals surface area contributed by atoms with Gasteiger partial charge >= 0.3 is 11.9 Å². The summed E-state index contributed by atoms with van der Waals surface area (Å²) in [6, 6.07) is 4.83. The highest BCUT2D eigenvalue weighted by atomic mass is 35.5. The van der Waals surface area contributed by atoms with Gasteiger partial charge in [-0.1, -0.05) is 29.3 Å². The van der Waals surface area contributed by atoms with Crippen LogP contribution in [0, 0.1) is 0 Å². The predicted molar refractivity (Wildman–Crippen MR) is 75.3 cm³/mol. The minimum atomic E-state index is -1.25. The summed E-state index contributed by atoms with van der Waals surface area (Å²) in [5, 5.41) is 0.727. The minimum absolute atomic E-state index is 0.136. The Balaban J connectivity index is 2.48. The van der Waals surface area contributed by atoms with Gasteiger partial charge in [0, 0.05) is 13.8 Å². The third kappa shape index (κ3) is 2.81. The largest absolute Gasteiger partial charge is 0.419 e. The molecule has 0 atom stereocenters. The molecule has 0 saturated carbocycles. The topological polar surface area (TPSA) is 52.6 Å². The monoisotopic (exact) mass is 314 g/mol. The summed E-state index contributed by atoms with van der Waals surface area (Å²) in [5.74, 6) is -2.68. The van der Waals surface area contributed by atoms with Crippen LogP contribution in [-0.2, 0) is 19.1 Å². The van der Waals surface area contributed by atoms with Gasteiger partial charge in [0.15, 0.2) is 0 Å². The number of allylic oxidation sites excluding steroid dienone is 1. The number of hydrogen-bond acceptors (Lipinski definition) is 4. The Morgan fingerprint density at radius 1 is 1.05 bits per heavy atom. The van der Waals surface area contributed by atoms with Crippen LogP contribution in [0.2, 0.25) is 10.0 Å². The lowest BCUT2D eigenvalue weighted by molar-refractivity contribution is -0.222. The molecule has 4 nitrogen and oxygen atoms in total. The summed E-state index contributed by atoms with van der Waals surface area (Å²) in [6.07, 6.45) is 0. The van der Waals surface area contributed by atoms with Crippen molar-refractivity contribution in [1.29, 1.82) is 0 Å². The fourth-order valence-corrected chi connectivity index (χ4v) is 2.13. The Hall–Kier alpha value is -1.52. The van der Waals surface area contributed by atoms with Crippen LogP contribution in [0.1, 0.15) is 26.3 Å². The molecule has 0 bridgehead atoms. The van der Waals surface area contributed by atoms with Crippen LogP contribution >= 0.6 is 23.2 Å². The Morgan fingerprint density at radius 3 is 2.10 bits per heavy atom. The van der Waals surface area contributed by atoms with Gasteiger partial charge in [0.2, 0.25) is 0 Å². The molecule has 1 aliphatic rings. The number of carbonyl (C=O) groups is 2. The molecule has 1 fully saturated rings. The first-order valence-electron chi connectivity index (χ1n) is 5.84. The average molecular weight is 315 g/mol. The minimum Gasteiger partial charge on any atom is -0.419 e. The van der Waals surface area contributed by atoms with Crippen molar-refractivity contribution in [2.75, 3.05) is 0 Å². The first-order valence-corrected chi connectivity index (χ1v) is 6.60. The molecule has 2 rings (SSSR count). The van der Waals surface area contributed by atoms with Crippen LogP contribution in [0.3, 0.4) is 0 Å². The van der Waals surface area contributed by atoms with E-state index in [1.165, 1.54) is 13.8 Å². The molecule has 0 aromatic heterocycles. The highest BCUT2D eigenvalue weighted by Crippen LogP contribution is 2.31. The molecule has 20 heavy (non-hydrogen) atoms. The van der Waals surface area contributed by atoms with E-state index in [0.29, 0.717) is 21.2 Å². The second kappa shape index (κ2) is 5.11. The summed E-state index contributed by atoms with van der Waals surface area (Å²) in [7, 11) is 0. The average Bonchev–Trinajstić information content (AvgIpc) is 2.29. The van der Waals surface area contributed by atoms with Gasteiger partial charge in [-0.3, -0.25) is 0 Å². The molecule has 1 aliphatic heterocycles. The van der Waals surface area contributed by atoms with Gasteiger partial charge in [-0.2, -0.15) is 0 Å². The molecule has 1 heterocycles. The zero-order valence-electron chi connectivity index (χ0n) is 11.1. The predicted octanol–water partition coefficient (Wildman–Crippen LogP) is 3.60. The van der Waals surface area contributed by atoms with Crippen LogP contribution < -0.4 is 0 Å². The lowest BCUT2D eigenvalue weighted by Crippen LogP contribution is -2.42. The highest BCUT2D eigenvalue weighted by Gasteiger charge is 2.40. The van der Waals surface area contributed by atoms with Gasteiger partial charge in [0.05, 0.1) is 10.0 Å². The Morgan fingerprint density at radius 2 is 1.60 bits per heavy atom. The third-order valence-corrected chi connectivity index (χ3v) is 3.55. The fraction of sp³-hybridized carbons (Fsp3) is 0.286. The van der Waals surface area contributed by atoms with E-state index in [1.807, 2.05) is 0 Å². The van der Waals surface area contributed by atoms with E-state index in [0.717, 1.165) is 0 Å². The van der Waals surface area contributed by atoms with Crippen molar-refractivity contribution >= 4 is 40.7 Å². The maximum atomic E-state index is 11.9. The number of cyclic esters (lactones) is 2. The van der Waals surface area contributed by atoms with Crippen molar-refractivity contribution in [1.82, 2.24) is 0 Å². The number of rotatable bonds is 1. The first-order chi connectivity index (χ1) is 9.21. The van der Waals surface area contributed by atoms with E-state index in [1.54, 1.807) is 25.1 Å². The molecule has 106 valence electrons. The molecule has 0 amide bonds. The molecule has 0 N–H and O–H groups in total. The van der Waals surface area contributed by atoms with Crippen LogP contribution in [0.4, 0.5) is 0 Å². The highest BCUT2D eigenvalue weighted by molar-refractivity contribution is 6.42. The van der Waals surface area contributed by atoms with Gasteiger partial charge in [-0.15, -0.1) is 0 Å². The number of hydrogen-bond donors (Lipinski definition) is 0. The number of benzene rings is 1. The quantitative estimate of drug-likeness (QED) is 0.451. The smallest absolute Gasteiger partial charge is 0.349 e. The zero-order valence-corrected chi connectivity index (χ0v) is 12.6. The van der Waals surface area contributed by atoms with Crippen molar-refractivity contribution in [2.24, 2.45) is 0 Å². The van der Waals surface area contributed by atoms with Crippen molar-refractivity contribution in [2.45, 2.75) is 26.6 Å². The Kier molecular flexibility index (Phi) is 3.80. The number of ether oxygens (including phenoxy) is 2. The van der Waals surface area contributed by atoms with Gasteiger partial charge in [0.1, 0.15) is 5.57 Å². The van der Waals surface area contributed by atoms with E-state index < -0.39 is 17.7 Å². The van der Waals surface area contributed by atoms with E-state index >= 15 is 0 Å². The summed E-state index contributed by atoms with van der Waals surface area (Å²) in [6.45, 7) is 4.61. The molecular weight excluding hydrogens is 303 g/mol. The van der Waals surface area contributed by atoms with E-state index in [9.17, 15) is 9.59 Å². The second-order valence-corrected chi connectivity index (χ2v) is 5.62. The van der Waals surface area contributed by atoms with Crippen LogP contribution in [-0.4, -0.2) is 17.7 Å². The van der Waals surface area contributed by atoms with Crippen LogP contribution in [0.25, 0.3) is 5.57 Å². The van der Waals surface area contributed by atoms with E-state index in [2.05, 4.69) is 0 Å². The molecule has 6 heteroatoms. The molecule has 1 aromatic rings. The van der Waals surface area contributed by atoms with Crippen molar-refractivity contribution in [3.8, 4) is 0 Å². The van der Waals surface area contributed by atoms with Gasteiger partial charge in [-0.25, -0.2) is 9.59 Å². The standard InChI is InChI=1S/C14H12Cl2O4/c1-7(8-4-5-9(15)10(16)6-8)11-12(17)19-14(2,3)20-13(11)18/h4-6H,1-3H3. The SMILES string of the molecule is CC(=C1C(=O)OC(C)(C)OC1=O)c1ccc(Cl)c(Cl)c1. The molecule has 1 saturated heterocycles. The van der Waals surface area contributed by atoms with Crippen molar-refractivity contribution in [3.63, 3.8) is 0 Å². The number of carbonyl (C=O) groups excluding carboxylic acids is 2. The van der Waals surface area contributed by atoms with Gasteiger partial charge < -0.3 is 9.47 Å². The van der Waals surface area contributed by atoms with Crippen molar-refractivity contribution < 1.29 is 19.1 Å². The molecule has 0 unspecified atom stereocenters. The lowest BCUT2D eigenvalue weighted by atomic mass is 10.0. The maximum absolute atomic E-state index is 11.9. The fourth-order valence-electron chi connectivity index (χ4n) is 1.83. The lowest BCUT2D eigenvalue weighted by Gasteiger charge is -2.30. The molecule has 1 aromatic carbocycles. The molecular formula is C14H12Cl2O4. The maximum Gasteiger partial charge on any atom is 0.349 e. The second-order valence-electron chi connectivity index (χ2n) is 4.81. The van der Waals surface area contributed by atoms with Crippen LogP contribution in [0.5, 0.6) is 0 Å². The van der Waals surface area contributed by atoms with Gasteiger partial charge in [0.25, 0.3) is 5.79 Å². The summed E-state index contributed by atoms with van der Waals surface area (Å²) >= 11 is 11.8. The summed E-state index contributed by atoms with van der Waals surface area (Å²) in [5.41, 5.74) is 0.889. The molecule has 0 aliphatic carbocycles. The Labute approximate surface area is 126 Å². The Bertz CT molecular complexity index is 610. The number of halogens is 2. The first kappa shape index (κ1) is 14.9. The number of esters is 2. The van der Waals surface area contributed by atoms with Crippen LogP contribution in [0.15, 0.2) is 23.8 Å². The summed E-state index contributed by atoms with van der Waals surface area (Å²) < 4.78 is 10.1. The summed E-state index contributed by atoms with van der Waals surface area (Å²) in [4.78, 5) is 23.9.